The maximum absolute atomic E-state index is 8.96. The van der Waals surface area contributed by atoms with E-state index in [1.54, 1.807) is 19.4 Å². The van der Waals surface area contributed by atoms with Gasteiger partial charge in [0.1, 0.15) is 11.6 Å². The zero-order valence-electron chi connectivity index (χ0n) is 17.5. The third-order valence-corrected chi connectivity index (χ3v) is 6.34. The van der Waals surface area contributed by atoms with Gasteiger partial charge in [-0.1, -0.05) is 0 Å². The fourth-order valence-electron chi connectivity index (χ4n) is 4.98. The summed E-state index contributed by atoms with van der Waals surface area (Å²) in [5.74, 6) is 2.73. The minimum absolute atomic E-state index is 0.354. The van der Waals surface area contributed by atoms with Gasteiger partial charge in [0, 0.05) is 54.8 Å². The van der Waals surface area contributed by atoms with E-state index in [0.29, 0.717) is 42.1 Å². The Morgan fingerprint density at radius 3 is 2.84 bits per heavy atom. The second-order valence-electron chi connectivity index (χ2n) is 8.22. The molecule has 2 fully saturated rings. The highest BCUT2D eigenvalue weighted by atomic mass is 16.5. The van der Waals surface area contributed by atoms with Crippen molar-refractivity contribution in [3.05, 3.63) is 30.5 Å². The third kappa shape index (κ3) is 3.99. The molecular formula is C22H26N8O. The van der Waals surface area contributed by atoms with Gasteiger partial charge in [-0.25, -0.2) is 10.1 Å². The van der Waals surface area contributed by atoms with E-state index < -0.39 is 0 Å². The van der Waals surface area contributed by atoms with E-state index in [1.807, 2.05) is 12.1 Å². The van der Waals surface area contributed by atoms with Gasteiger partial charge in [-0.15, -0.1) is 0 Å². The van der Waals surface area contributed by atoms with E-state index in [0.717, 1.165) is 36.1 Å². The fraction of sp³-hybridized carbons (Fsp3) is 0.455. The summed E-state index contributed by atoms with van der Waals surface area (Å²) in [5.41, 5.74) is 0.874. The average Bonchev–Trinajstić information content (AvgIpc) is 3.33. The van der Waals surface area contributed by atoms with Gasteiger partial charge in [0.2, 0.25) is 5.88 Å². The Bertz CT molecular complexity index is 1090. The first kappa shape index (κ1) is 19.6. The molecule has 2 aliphatic rings. The van der Waals surface area contributed by atoms with Crippen molar-refractivity contribution in [2.24, 2.45) is 0 Å². The van der Waals surface area contributed by atoms with Crippen LogP contribution in [0, 0.1) is 11.3 Å². The number of methoxy groups -OCH3 is 1. The quantitative estimate of drug-likeness (QED) is 0.535. The Morgan fingerprint density at radius 1 is 1.26 bits per heavy atom. The van der Waals surface area contributed by atoms with Crippen molar-refractivity contribution in [2.45, 2.75) is 50.2 Å². The molecule has 0 aliphatic carbocycles. The molecule has 5 heterocycles. The first-order valence-electron chi connectivity index (χ1n) is 10.7. The van der Waals surface area contributed by atoms with E-state index in [2.05, 4.69) is 42.9 Å². The van der Waals surface area contributed by atoms with Crippen LogP contribution >= 0.6 is 0 Å². The van der Waals surface area contributed by atoms with Crippen LogP contribution in [-0.2, 0) is 0 Å². The molecule has 3 aromatic heterocycles. The van der Waals surface area contributed by atoms with Gasteiger partial charge in [0.15, 0.2) is 5.82 Å². The summed E-state index contributed by atoms with van der Waals surface area (Å²) in [6.45, 7) is 0.885. The number of nitrogens with one attached hydrogen (secondary N) is 3. The standard InChI is InChI=1S/C22H26N8O/c1-31-21-13-20(28-29-21)26-19-12-18-17(4-2-8-24-18)22(27-19)25-14-10-15-5-6-16(11-14)30(15)9-3-7-23/h2,4,8,12-16H,3,5-6,9-11H2,1H3,(H3,25,26,27,28,29)/t14-,15-,16+. The molecule has 0 unspecified atom stereocenters. The molecule has 0 spiro atoms. The van der Waals surface area contributed by atoms with Gasteiger partial charge < -0.3 is 15.4 Å². The molecule has 9 nitrogen and oxygen atoms in total. The molecular weight excluding hydrogens is 392 g/mol. The second kappa shape index (κ2) is 8.40. The lowest BCUT2D eigenvalue weighted by molar-refractivity contribution is 0.136. The predicted molar refractivity (Wildman–Crippen MR) is 118 cm³/mol. The lowest BCUT2D eigenvalue weighted by Gasteiger charge is -2.39. The lowest BCUT2D eigenvalue weighted by atomic mass is 9.97. The summed E-state index contributed by atoms with van der Waals surface area (Å²) in [5, 5.41) is 23.9. The van der Waals surface area contributed by atoms with Crippen LogP contribution < -0.4 is 15.4 Å². The van der Waals surface area contributed by atoms with Gasteiger partial charge >= 0.3 is 0 Å². The molecule has 3 aromatic rings. The van der Waals surface area contributed by atoms with Crippen LogP contribution in [0.3, 0.4) is 0 Å². The summed E-state index contributed by atoms with van der Waals surface area (Å²) >= 11 is 0. The van der Waals surface area contributed by atoms with E-state index in [-0.39, 0.29) is 0 Å². The van der Waals surface area contributed by atoms with Crippen molar-refractivity contribution in [1.29, 1.82) is 5.26 Å². The lowest BCUT2D eigenvalue weighted by Crippen LogP contribution is -2.47. The van der Waals surface area contributed by atoms with Gasteiger partial charge in [0.25, 0.3) is 0 Å². The number of aromatic nitrogens is 4. The number of H-pyrrole nitrogens is 1. The highest BCUT2D eigenvalue weighted by Crippen LogP contribution is 2.37. The smallest absolute Gasteiger partial charge is 0.210 e. The maximum atomic E-state index is 8.96. The van der Waals surface area contributed by atoms with E-state index in [1.165, 1.54) is 12.8 Å². The number of nitriles is 1. The van der Waals surface area contributed by atoms with Gasteiger partial charge in [-0.2, -0.15) is 10.4 Å². The maximum Gasteiger partial charge on any atom is 0.210 e. The van der Waals surface area contributed by atoms with Crippen LogP contribution in [0.2, 0.25) is 0 Å². The average molecular weight is 419 g/mol. The SMILES string of the molecule is COc1cc(Nc2cc3ncccc3c(N[C@@H]3C[C@H]4CC[C@@H](C3)N4CCC#N)n2)n[nH]1. The Kier molecular flexibility index (Phi) is 5.30. The van der Waals surface area contributed by atoms with Crippen molar-refractivity contribution >= 4 is 28.4 Å². The summed E-state index contributed by atoms with van der Waals surface area (Å²) in [4.78, 5) is 11.9. The topological polar surface area (TPSA) is 115 Å². The number of hydrogen-bond acceptors (Lipinski definition) is 8. The van der Waals surface area contributed by atoms with Crippen LogP contribution in [-0.4, -0.2) is 56.8 Å². The zero-order valence-corrected chi connectivity index (χ0v) is 17.5. The number of rotatable bonds is 7. The van der Waals surface area contributed by atoms with Gasteiger partial charge in [0.05, 0.1) is 18.7 Å². The number of aromatic amines is 1. The van der Waals surface area contributed by atoms with E-state index in [4.69, 9.17) is 15.0 Å². The van der Waals surface area contributed by atoms with E-state index >= 15 is 0 Å². The monoisotopic (exact) mass is 418 g/mol. The van der Waals surface area contributed by atoms with Gasteiger partial charge in [-0.05, 0) is 37.8 Å². The molecule has 31 heavy (non-hydrogen) atoms. The molecule has 160 valence electrons. The largest absolute Gasteiger partial charge is 0.481 e. The Hall–Kier alpha value is -3.38. The molecule has 3 N–H and O–H groups in total. The van der Waals surface area contributed by atoms with Crippen LogP contribution in [0.4, 0.5) is 17.5 Å². The number of anilines is 3. The van der Waals surface area contributed by atoms with Crippen LogP contribution in [0.25, 0.3) is 10.9 Å². The van der Waals surface area contributed by atoms with Crippen molar-refractivity contribution in [3.63, 3.8) is 0 Å². The molecule has 3 atom stereocenters. The number of ether oxygens (including phenoxy) is 1. The minimum atomic E-state index is 0.354. The molecule has 5 rings (SSSR count). The fourth-order valence-corrected chi connectivity index (χ4v) is 4.98. The first-order chi connectivity index (χ1) is 15.2. The van der Waals surface area contributed by atoms with Crippen molar-refractivity contribution in [2.75, 3.05) is 24.3 Å². The van der Waals surface area contributed by atoms with Crippen LogP contribution in [0.1, 0.15) is 32.1 Å². The highest BCUT2D eigenvalue weighted by Gasteiger charge is 2.40. The minimum Gasteiger partial charge on any atom is -0.481 e. The normalized spacial score (nSPS) is 22.9. The Balaban J connectivity index is 1.37. The van der Waals surface area contributed by atoms with Gasteiger partial charge in [-0.3, -0.25) is 9.88 Å². The van der Waals surface area contributed by atoms with Crippen molar-refractivity contribution in [1.82, 2.24) is 25.1 Å². The zero-order chi connectivity index (χ0) is 21.2. The first-order valence-corrected chi connectivity index (χ1v) is 10.7. The van der Waals surface area contributed by atoms with Crippen molar-refractivity contribution < 1.29 is 4.74 Å². The van der Waals surface area contributed by atoms with E-state index in [9.17, 15) is 0 Å². The number of hydrogen-bond donors (Lipinski definition) is 3. The summed E-state index contributed by atoms with van der Waals surface area (Å²) in [6.07, 6.45) is 6.97. The predicted octanol–water partition coefficient (Wildman–Crippen LogP) is 3.43. The summed E-state index contributed by atoms with van der Waals surface area (Å²) in [6, 6.07) is 11.4. The molecule has 2 bridgehead atoms. The Labute approximate surface area is 180 Å². The molecule has 0 aromatic carbocycles. The summed E-state index contributed by atoms with van der Waals surface area (Å²) in [7, 11) is 1.59. The van der Waals surface area contributed by atoms with Crippen LogP contribution in [0.5, 0.6) is 5.88 Å². The third-order valence-electron chi connectivity index (χ3n) is 6.34. The number of pyridine rings is 2. The number of piperidine rings is 1. The summed E-state index contributed by atoms with van der Waals surface area (Å²) < 4.78 is 5.16. The van der Waals surface area contributed by atoms with Crippen LogP contribution in [0.15, 0.2) is 30.5 Å². The Morgan fingerprint density at radius 2 is 2.10 bits per heavy atom. The number of nitrogens with zero attached hydrogens (tertiary/aromatic N) is 5. The highest BCUT2D eigenvalue weighted by molar-refractivity contribution is 5.91. The molecule has 2 saturated heterocycles. The van der Waals surface area contributed by atoms with Crippen molar-refractivity contribution in [3.8, 4) is 11.9 Å². The molecule has 2 aliphatic heterocycles. The number of fused-ring (bicyclic) bond motifs is 3. The molecule has 0 radical (unpaired) electrons. The molecule has 9 heteroatoms. The second-order valence-corrected chi connectivity index (χ2v) is 8.22. The molecule has 0 saturated carbocycles. The molecule has 0 amide bonds.